The van der Waals surface area contributed by atoms with Gasteiger partial charge in [-0.2, -0.15) is 0 Å². The Morgan fingerprint density at radius 2 is 1.74 bits per heavy atom. The fraction of sp³-hybridized carbons (Fsp3) is 0.280. The largest absolute Gasteiger partial charge is 0.462 e. The second-order valence-corrected chi connectivity index (χ2v) is 7.59. The number of hydrogen-bond acceptors (Lipinski definition) is 3. The van der Waals surface area contributed by atoms with Gasteiger partial charge in [0.1, 0.15) is 0 Å². The molecule has 2 aromatic carbocycles. The van der Waals surface area contributed by atoms with Crippen molar-refractivity contribution in [3.63, 3.8) is 0 Å². The van der Waals surface area contributed by atoms with Crippen LogP contribution in [0.25, 0.3) is 0 Å². The first-order valence-electron chi connectivity index (χ1n) is 10.4. The van der Waals surface area contributed by atoms with Gasteiger partial charge in [-0.05, 0) is 56.5 Å². The van der Waals surface area contributed by atoms with Crippen molar-refractivity contribution in [2.24, 2.45) is 0 Å². The van der Waals surface area contributed by atoms with E-state index >= 15 is 0 Å². The van der Waals surface area contributed by atoms with Crippen LogP contribution in [-0.4, -0.2) is 28.5 Å². The van der Waals surface area contributed by atoms with E-state index in [1.807, 2.05) is 75.4 Å². The van der Waals surface area contributed by atoms with Crippen molar-refractivity contribution in [1.82, 2.24) is 9.88 Å². The standard InChI is InChI=1S/C25H29N3O3/c1-5-31-24(29)23-18(3)22(26-19(23)4)16-28(15-20-11-7-6-8-12-20)25(30)27-21-13-9-10-17(2)14-21/h6-14,26H,5,15-16H2,1-4H3,(H,27,30). The number of anilines is 1. The molecular weight excluding hydrogens is 390 g/mol. The summed E-state index contributed by atoms with van der Waals surface area (Å²) < 4.78 is 5.19. The van der Waals surface area contributed by atoms with Crippen LogP contribution in [0.5, 0.6) is 0 Å². The molecule has 0 bridgehead atoms. The van der Waals surface area contributed by atoms with E-state index in [4.69, 9.17) is 4.74 Å². The van der Waals surface area contributed by atoms with E-state index in [0.717, 1.165) is 33.8 Å². The van der Waals surface area contributed by atoms with Gasteiger partial charge < -0.3 is 19.9 Å². The molecule has 0 unspecified atom stereocenters. The van der Waals surface area contributed by atoms with Gasteiger partial charge in [-0.15, -0.1) is 0 Å². The number of aromatic nitrogens is 1. The number of carbonyl (C=O) groups excluding carboxylic acids is 2. The topological polar surface area (TPSA) is 74.4 Å². The number of H-pyrrole nitrogens is 1. The van der Waals surface area contributed by atoms with Crippen LogP contribution in [0.1, 0.15) is 45.4 Å². The summed E-state index contributed by atoms with van der Waals surface area (Å²) in [6.45, 7) is 8.58. The molecule has 6 heteroatoms. The number of benzene rings is 2. The molecule has 2 N–H and O–H groups in total. The molecule has 0 saturated carbocycles. The minimum atomic E-state index is -0.348. The summed E-state index contributed by atoms with van der Waals surface area (Å²) >= 11 is 0. The second-order valence-electron chi connectivity index (χ2n) is 7.59. The maximum atomic E-state index is 13.2. The summed E-state index contributed by atoms with van der Waals surface area (Å²) in [5, 5.41) is 2.99. The number of nitrogens with one attached hydrogen (secondary N) is 2. The van der Waals surface area contributed by atoms with Crippen LogP contribution in [0, 0.1) is 20.8 Å². The number of ether oxygens (including phenoxy) is 1. The number of esters is 1. The predicted octanol–water partition coefficient (Wildman–Crippen LogP) is 5.35. The smallest absolute Gasteiger partial charge is 0.340 e. The normalized spacial score (nSPS) is 10.6. The molecule has 0 saturated heterocycles. The average Bonchev–Trinajstić information content (AvgIpc) is 3.01. The zero-order valence-corrected chi connectivity index (χ0v) is 18.5. The van der Waals surface area contributed by atoms with Crippen molar-refractivity contribution in [3.8, 4) is 0 Å². The summed E-state index contributed by atoms with van der Waals surface area (Å²) in [4.78, 5) is 30.5. The molecule has 0 radical (unpaired) electrons. The number of urea groups is 1. The maximum absolute atomic E-state index is 13.2. The molecule has 1 heterocycles. The van der Waals surface area contributed by atoms with E-state index in [1.165, 1.54) is 0 Å². The SMILES string of the molecule is CCOC(=O)c1c(C)[nH]c(CN(Cc2ccccc2)C(=O)Nc2cccc(C)c2)c1C. The van der Waals surface area contributed by atoms with Crippen LogP contribution < -0.4 is 5.32 Å². The van der Waals surface area contributed by atoms with Crippen molar-refractivity contribution in [1.29, 1.82) is 0 Å². The molecule has 0 atom stereocenters. The highest BCUT2D eigenvalue weighted by molar-refractivity contribution is 5.93. The average molecular weight is 420 g/mol. The monoisotopic (exact) mass is 419 g/mol. The minimum absolute atomic E-state index is 0.209. The molecule has 6 nitrogen and oxygen atoms in total. The van der Waals surface area contributed by atoms with Crippen LogP contribution in [-0.2, 0) is 17.8 Å². The van der Waals surface area contributed by atoms with Gasteiger partial charge in [0.25, 0.3) is 0 Å². The van der Waals surface area contributed by atoms with Crippen molar-refractivity contribution in [3.05, 3.63) is 88.2 Å². The Hall–Kier alpha value is -3.54. The Bertz CT molecular complexity index is 1060. The van der Waals surface area contributed by atoms with Crippen LogP contribution in [0.4, 0.5) is 10.5 Å². The molecule has 1 aromatic heterocycles. The first kappa shape index (κ1) is 22.2. The van der Waals surface area contributed by atoms with E-state index in [9.17, 15) is 9.59 Å². The second kappa shape index (κ2) is 9.98. The molecule has 0 aliphatic carbocycles. The molecule has 2 amide bonds. The molecule has 3 rings (SSSR count). The Morgan fingerprint density at radius 1 is 1.00 bits per heavy atom. The van der Waals surface area contributed by atoms with Gasteiger partial charge in [-0.3, -0.25) is 0 Å². The molecule has 0 aliphatic rings. The molecule has 162 valence electrons. The van der Waals surface area contributed by atoms with Crippen LogP contribution in [0.3, 0.4) is 0 Å². The molecular formula is C25H29N3O3. The Balaban J connectivity index is 1.87. The Kier molecular flexibility index (Phi) is 7.13. The number of rotatable bonds is 7. The molecule has 0 fully saturated rings. The van der Waals surface area contributed by atoms with Crippen molar-refractivity contribution in [2.45, 2.75) is 40.8 Å². The lowest BCUT2D eigenvalue weighted by molar-refractivity contribution is 0.0525. The van der Waals surface area contributed by atoms with Crippen LogP contribution >= 0.6 is 0 Å². The summed E-state index contributed by atoms with van der Waals surface area (Å²) in [7, 11) is 0. The van der Waals surface area contributed by atoms with Crippen molar-refractivity contribution < 1.29 is 14.3 Å². The summed E-state index contributed by atoms with van der Waals surface area (Å²) in [6.07, 6.45) is 0. The number of aromatic amines is 1. The fourth-order valence-corrected chi connectivity index (χ4v) is 3.60. The van der Waals surface area contributed by atoms with E-state index in [0.29, 0.717) is 25.3 Å². The lowest BCUT2D eigenvalue weighted by Crippen LogP contribution is -2.34. The highest BCUT2D eigenvalue weighted by Crippen LogP contribution is 2.22. The number of nitrogens with zero attached hydrogens (tertiary/aromatic N) is 1. The number of aryl methyl sites for hydroxylation is 2. The number of hydrogen-bond donors (Lipinski definition) is 2. The maximum Gasteiger partial charge on any atom is 0.340 e. The molecule has 31 heavy (non-hydrogen) atoms. The third-order valence-electron chi connectivity index (χ3n) is 5.14. The third-order valence-corrected chi connectivity index (χ3v) is 5.14. The van der Waals surface area contributed by atoms with Crippen LogP contribution in [0.15, 0.2) is 54.6 Å². The first-order valence-corrected chi connectivity index (χ1v) is 10.4. The predicted molar refractivity (Wildman–Crippen MR) is 122 cm³/mol. The lowest BCUT2D eigenvalue weighted by atomic mass is 10.1. The Labute approximate surface area is 183 Å². The molecule has 3 aromatic rings. The molecule has 0 spiro atoms. The summed E-state index contributed by atoms with van der Waals surface area (Å²) in [5.74, 6) is -0.348. The highest BCUT2D eigenvalue weighted by Gasteiger charge is 2.22. The van der Waals surface area contributed by atoms with E-state index in [-0.39, 0.29) is 12.0 Å². The van der Waals surface area contributed by atoms with Crippen molar-refractivity contribution in [2.75, 3.05) is 11.9 Å². The quantitative estimate of drug-likeness (QED) is 0.507. The third kappa shape index (κ3) is 5.54. The van der Waals surface area contributed by atoms with Gasteiger partial charge in [0.05, 0.1) is 18.7 Å². The van der Waals surface area contributed by atoms with E-state index in [2.05, 4.69) is 10.3 Å². The van der Waals surface area contributed by atoms with Gasteiger partial charge in [-0.25, -0.2) is 9.59 Å². The lowest BCUT2D eigenvalue weighted by Gasteiger charge is -2.23. The fourth-order valence-electron chi connectivity index (χ4n) is 3.60. The van der Waals surface area contributed by atoms with Crippen LogP contribution in [0.2, 0.25) is 0 Å². The summed E-state index contributed by atoms with van der Waals surface area (Å²) in [6, 6.07) is 17.3. The number of carbonyl (C=O) groups is 2. The minimum Gasteiger partial charge on any atom is -0.462 e. The number of amides is 2. The van der Waals surface area contributed by atoms with Gasteiger partial charge in [0.2, 0.25) is 0 Å². The van der Waals surface area contributed by atoms with E-state index < -0.39 is 0 Å². The zero-order valence-electron chi connectivity index (χ0n) is 18.5. The highest BCUT2D eigenvalue weighted by atomic mass is 16.5. The van der Waals surface area contributed by atoms with Gasteiger partial charge in [0, 0.05) is 23.6 Å². The summed E-state index contributed by atoms with van der Waals surface area (Å²) in [5.41, 5.74) is 5.74. The first-order chi connectivity index (χ1) is 14.9. The van der Waals surface area contributed by atoms with Gasteiger partial charge in [-0.1, -0.05) is 42.5 Å². The zero-order chi connectivity index (χ0) is 22.4. The van der Waals surface area contributed by atoms with Gasteiger partial charge in [0.15, 0.2) is 0 Å². The van der Waals surface area contributed by atoms with E-state index in [1.54, 1.807) is 11.8 Å². The Morgan fingerprint density at radius 3 is 2.42 bits per heavy atom. The van der Waals surface area contributed by atoms with Gasteiger partial charge >= 0.3 is 12.0 Å². The molecule has 0 aliphatic heterocycles. The van der Waals surface area contributed by atoms with Crippen molar-refractivity contribution >= 4 is 17.7 Å².